The molecule has 12 heteroatoms. The predicted molar refractivity (Wildman–Crippen MR) is 66.6 cm³/mol. The Morgan fingerprint density at radius 1 is 0.579 bits per heavy atom. The molecule has 0 aromatic rings. The molecule has 0 heterocycles. The maximum atomic E-state index is 10.6. The summed E-state index contributed by atoms with van der Waals surface area (Å²) in [6.07, 6.45) is -0.530. The van der Waals surface area contributed by atoms with Crippen LogP contribution in [-0.4, -0.2) is 56.2 Å². The molecule has 0 unspecified atom stereocenters. The summed E-state index contributed by atoms with van der Waals surface area (Å²) >= 11 is 0. The van der Waals surface area contributed by atoms with Gasteiger partial charge in [-0.2, -0.15) is 25.3 Å². The Morgan fingerprint density at radius 2 is 0.789 bits per heavy atom. The fourth-order valence-corrected chi connectivity index (χ4v) is 3.27. The van der Waals surface area contributed by atoms with E-state index in [9.17, 15) is 25.3 Å². The van der Waals surface area contributed by atoms with E-state index in [1.165, 1.54) is 0 Å². The predicted octanol–water partition coefficient (Wildman–Crippen LogP) is -0.564. The topological polar surface area (TPSA) is 163 Å². The van der Waals surface area contributed by atoms with Crippen molar-refractivity contribution >= 4 is 30.4 Å². The number of hydrogen-bond donors (Lipinski definition) is 3. The molecule has 0 aromatic carbocycles. The van der Waals surface area contributed by atoms with Crippen LogP contribution in [0.1, 0.15) is 19.3 Å². The molecule has 0 saturated heterocycles. The third-order valence-electron chi connectivity index (χ3n) is 2.35. The van der Waals surface area contributed by atoms with Gasteiger partial charge in [-0.25, -0.2) is 0 Å². The van der Waals surface area contributed by atoms with Crippen LogP contribution in [-0.2, 0) is 30.4 Å². The van der Waals surface area contributed by atoms with E-state index in [0.29, 0.717) is 0 Å². The normalized spacial score (nSPS) is 13.9. The minimum atomic E-state index is -4.25. The molecule has 0 rings (SSSR count). The summed E-state index contributed by atoms with van der Waals surface area (Å²) in [6.45, 7) is 0. The molecular formula is C7H16O9S3. The van der Waals surface area contributed by atoms with Crippen molar-refractivity contribution in [1.82, 2.24) is 0 Å². The molecule has 0 radical (unpaired) electrons. The molecule has 0 amide bonds. The van der Waals surface area contributed by atoms with Gasteiger partial charge in [0.25, 0.3) is 30.4 Å². The molecule has 0 bridgehead atoms. The summed E-state index contributed by atoms with van der Waals surface area (Å²) in [6, 6.07) is 0. The summed E-state index contributed by atoms with van der Waals surface area (Å²) in [5.74, 6) is -2.66. The van der Waals surface area contributed by atoms with Gasteiger partial charge >= 0.3 is 0 Å². The van der Waals surface area contributed by atoms with Crippen LogP contribution < -0.4 is 0 Å². The lowest BCUT2D eigenvalue weighted by Gasteiger charge is -2.14. The summed E-state index contributed by atoms with van der Waals surface area (Å²) in [7, 11) is -12.8. The Bertz CT molecular complexity index is 486. The molecule has 0 aliphatic rings. The highest BCUT2D eigenvalue weighted by molar-refractivity contribution is 7.86. The zero-order valence-corrected chi connectivity index (χ0v) is 12.3. The molecule has 0 saturated carbocycles. The Balaban J connectivity index is 4.55. The first kappa shape index (κ1) is 18.7. The second-order valence-electron chi connectivity index (χ2n) is 4.09. The lowest BCUT2D eigenvalue weighted by molar-refractivity contribution is 0.428. The summed E-state index contributed by atoms with van der Waals surface area (Å²) < 4.78 is 89.0. The second kappa shape index (κ2) is 6.95. The average Bonchev–Trinajstić information content (AvgIpc) is 2.11. The zero-order chi connectivity index (χ0) is 15.3. The standard InChI is InChI=1S/C7H16O9S3/c8-17(9,10)4-1-7(2-5-18(11,12)13)3-6-19(14,15)16/h7H,1-6H2,(H,8,9,10)(H,11,12,13)(H,14,15,16). The van der Waals surface area contributed by atoms with E-state index in [0.717, 1.165) is 0 Å². The van der Waals surface area contributed by atoms with Crippen LogP contribution >= 0.6 is 0 Å². The van der Waals surface area contributed by atoms with Crippen LogP contribution in [0.5, 0.6) is 0 Å². The van der Waals surface area contributed by atoms with Gasteiger partial charge in [0.1, 0.15) is 0 Å². The average molecular weight is 340 g/mol. The maximum Gasteiger partial charge on any atom is 0.264 e. The fraction of sp³-hybridized carbons (Fsp3) is 1.00. The first-order valence-corrected chi connectivity index (χ1v) is 9.97. The Morgan fingerprint density at radius 3 is 0.947 bits per heavy atom. The van der Waals surface area contributed by atoms with Crippen LogP contribution in [0.25, 0.3) is 0 Å². The minimum absolute atomic E-state index is 0.177. The molecule has 0 spiro atoms. The zero-order valence-electron chi connectivity index (χ0n) is 9.84. The van der Waals surface area contributed by atoms with Crippen LogP contribution in [0.2, 0.25) is 0 Å². The minimum Gasteiger partial charge on any atom is -0.286 e. The van der Waals surface area contributed by atoms with Crippen molar-refractivity contribution in [3.8, 4) is 0 Å². The van der Waals surface area contributed by atoms with Gasteiger partial charge in [0.05, 0.1) is 17.3 Å². The van der Waals surface area contributed by atoms with Gasteiger partial charge in [0.2, 0.25) is 0 Å². The van der Waals surface area contributed by atoms with Crippen molar-refractivity contribution in [2.45, 2.75) is 19.3 Å². The summed E-state index contributed by atoms with van der Waals surface area (Å²) in [5, 5.41) is 0. The van der Waals surface area contributed by atoms with Gasteiger partial charge in [-0.1, -0.05) is 0 Å². The van der Waals surface area contributed by atoms with E-state index in [-0.39, 0.29) is 19.3 Å². The molecular weight excluding hydrogens is 324 g/mol. The van der Waals surface area contributed by atoms with Gasteiger partial charge in [0.15, 0.2) is 0 Å². The molecule has 3 N–H and O–H groups in total. The van der Waals surface area contributed by atoms with Crippen LogP contribution in [0.3, 0.4) is 0 Å². The van der Waals surface area contributed by atoms with Crippen molar-refractivity contribution < 1.29 is 38.9 Å². The largest absolute Gasteiger partial charge is 0.286 e. The maximum absolute atomic E-state index is 10.6. The molecule has 0 atom stereocenters. The van der Waals surface area contributed by atoms with Crippen molar-refractivity contribution in [2.75, 3.05) is 17.3 Å². The lowest BCUT2D eigenvalue weighted by Crippen LogP contribution is -2.17. The first-order chi connectivity index (χ1) is 8.29. The molecule has 0 aliphatic carbocycles. The van der Waals surface area contributed by atoms with Crippen molar-refractivity contribution in [3.63, 3.8) is 0 Å². The lowest BCUT2D eigenvalue weighted by atomic mass is 10.0. The van der Waals surface area contributed by atoms with E-state index in [2.05, 4.69) is 0 Å². The van der Waals surface area contributed by atoms with E-state index >= 15 is 0 Å². The van der Waals surface area contributed by atoms with E-state index < -0.39 is 53.5 Å². The Hall–Kier alpha value is -0.270. The van der Waals surface area contributed by atoms with Gasteiger partial charge < -0.3 is 0 Å². The highest BCUT2D eigenvalue weighted by Gasteiger charge is 2.19. The molecule has 9 nitrogen and oxygen atoms in total. The monoisotopic (exact) mass is 340 g/mol. The van der Waals surface area contributed by atoms with Crippen LogP contribution in [0.15, 0.2) is 0 Å². The molecule has 0 fully saturated rings. The van der Waals surface area contributed by atoms with Crippen LogP contribution in [0, 0.1) is 5.92 Å². The molecule has 19 heavy (non-hydrogen) atoms. The quantitative estimate of drug-likeness (QED) is 0.466. The van der Waals surface area contributed by atoms with Crippen molar-refractivity contribution in [1.29, 1.82) is 0 Å². The van der Waals surface area contributed by atoms with Gasteiger partial charge in [-0.3, -0.25) is 13.7 Å². The van der Waals surface area contributed by atoms with Crippen molar-refractivity contribution in [2.24, 2.45) is 5.92 Å². The smallest absolute Gasteiger partial charge is 0.264 e. The third-order valence-corrected chi connectivity index (χ3v) is 4.61. The number of rotatable bonds is 9. The highest BCUT2D eigenvalue weighted by Crippen LogP contribution is 2.16. The molecule has 116 valence electrons. The molecule has 0 aliphatic heterocycles. The summed E-state index contributed by atoms with van der Waals surface area (Å²) in [5.41, 5.74) is 0. The molecule has 0 aromatic heterocycles. The third kappa shape index (κ3) is 14.0. The SMILES string of the molecule is O=S(=O)(O)CCC(CCS(=O)(=O)O)CCS(=O)(=O)O. The van der Waals surface area contributed by atoms with Gasteiger partial charge in [-0.15, -0.1) is 0 Å². The van der Waals surface area contributed by atoms with Gasteiger partial charge in [-0.05, 0) is 25.2 Å². The Kier molecular flexibility index (Phi) is 6.85. The number of hydrogen-bond acceptors (Lipinski definition) is 6. The van der Waals surface area contributed by atoms with E-state index in [1.54, 1.807) is 0 Å². The second-order valence-corrected chi connectivity index (χ2v) is 8.81. The van der Waals surface area contributed by atoms with Crippen LogP contribution in [0.4, 0.5) is 0 Å². The first-order valence-electron chi connectivity index (χ1n) is 5.14. The Labute approximate surface area is 112 Å². The fourth-order valence-electron chi connectivity index (χ4n) is 1.38. The highest BCUT2D eigenvalue weighted by atomic mass is 32.2. The van der Waals surface area contributed by atoms with Gasteiger partial charge in [0, 0.05) is 0 Å². The van der Waals surface area contributed by atoms with E-state index in [4.69, 9.17) is 13.7 Å². The van der Waals surface area contributed by atoms with E-state index in [1.807, 2.05) is 0 Å². The summed E-state index contributed by atoms with van der Waals surface area (Å²) in [4.78, 5) is 0. The van der Waals surface area contributed by atoms with Crippen molar-refractivity contribution in [3.05, 3.63) is 0 Å².